The van der Waals surface area contributed by atoms with Gasteiger partial charge in [0.25, 0.3) is 5.91 Å². The zero-order chi connectivity index (χ0) is 17.2. The third-order valence-corrected chi connectivity index (χ3v) is 4.85. The maximum absolute atomic E-state index is 12.8. The van der Waals surface area contributed by atoms with Crippen LogP contribution in [0.5, 0.6) is 0 Å². The number of piperidine rings is 1. The number of nitrogens with one attached hydrogen (secondary N) is 1. The number of carbonyl (C=O) groups is 1. The average Bonchev–Trinajstić information content (AvgIpc) is 3.07. The Bertz CT molecular complexity index is 815. The highest BCUT2D eigenvalue weighted by Crippen LogP contribution is 2.17. The van der Waals surface area contributed by atoms with Crippen LogP contribution in [-0.2, 0) is 10.0 Å². The van der Waals surface area contributed by atoms with Crippen LogP contribution < -0.4 is 4.72 Å². The van der Waals surface area contributed by atoms with Gasteiger partial charge in [-0.05, 0) is 43.2 Å². The van der Waals surface area contributed by atoms with Crippen molar-refractivity contribution in [1.29, 1.82) is 0 Å². The lowest BCUT2D eigenvalue weighted by molar-refractivity contribution is 0.0703. The minimum atomic E-state index is -3.27. The molecule has 7 heteroatoms. The van der Waals surface area contributed by atoms with Crippen molar-refractivity contribution in [1.82, 2.24) is 14.2 Å². The first-order chi connectivity index (χ1) is 11.4. The van der Waals surface area contributed by atoms with Gasteiger partial charge in [0.1, 0.15) is 0 Å². The van der Waals surface area contributed by atoms with Gasteiger partial charge in [-0.25, -0.2) is 13.1 Å². The van der Waals surface area contributed by atoms with Gasteiger partial charge in [-0.3, -0.25) is 4.79 Å². The highest BCUT2D eigenvalue weighted by molar-refractivity contribution is 7.88. The number of likely N-dealkylation sites (tertiary alicyclic amines) is 1. The van der Waals surface area contributed by atoms with Crippen molar-refractivity contribution in [3.05, 3.63) is 54.4 Å². The van der Waals surface area contributed by atoms with Gasteiger partial charge in [-0.15, -0.1) is 0 Å². The topological polar surface area (TPSA) is 71.4 Å². The highest BCUT2D eigenvalue weighted by Gasteiger charge is 2.26. The molecule has 1 amide bonds. The predicted molar refractivity (Wildman–Crippen MR) is 92.7 cm³/mol. The molecule has 0 bridgehead atoms. The lowest BCUT2D eigenvalue weighted by Crippen LogP contribution is -2.49. The lowest BCUT2D eigenvalue weighted by Gasteiger charge is -2.32. The summed E-state index contributed by atoms with van der Waals surface area (Å²) >= 11 is 0. The van der Waals surface area contributed by atoms with Crippen LogP contribution in [0.1, 0.15) is 23.2 Å². The van der Waals surface area contributed by atoms with E-state index in [9.17, 15) is 13.2 Å². The highest BCUT2D eigenvalue weighted by atomic mass is 32.2. The van der Waals surface area contributed by atoms with Crippen LogP contribution in [0.2, 0.25) is 0 Å². The summed E-state index contributed by atoms with van der Waals surface area (Å²) in [6.45, 7) is 1.05. The molecule has 0 spiro atoms. The van der Waals surface area contributed by atoms with Gasteiger partial charge < -0.3 is 9.47 Å². The maximum atomic E-state index is 12.8. The third kappa shape index (κ3) is 4.04. The molecule has 0 unspecified atom stereocenters. The number of hydrogen-bond acceptors (Lipinski definition) is 3. The smallest absolute Gasteiger partial charge is 0.253 e. The molecule has 1 saturated heterocycles. The average molecular weight is 347 g/mol. The van der Waals surface area contributed by atoms with E-state index in [1.165, 1.54) is 0 Å². The van der Waals surface area contributed by atoms with Gasteiger partial charge in [0.05, 0.1) is 6.26 Å². The molecule has 0 aliphatic carbocycles. The monoisotopic (exact) mass is 347 g/mol. The second-order valence-electron chi connectivity index (χ2n) is 6.12. The van der Waals surface area contributed by atoms with E-state index in [0.717, 1.165) is 24.8 Å². The Hall–Kier alpha value is -2.12. The molecule has 1 aromatic carbocycles. The SMILES string of the molecule is CS(=O)(=O)N[C@@H]1CCCN(C(=O)c2cccc(-n3cccc3)c2)C1. The number of aromatic nitrogens is 1. The minimum absolute atomic E-state index is 0.0657. The van der Waals surface area contributed by atoms with Crippen LogP contribution in [0.15, 0.2) is 48.8 Å². The molecule has 1 N–H and O–H groups in total. The van der Waals surface area contributed by atoms with Crippen molar-refractivity contribution in [2.24, 2.45) is 0 Å². The molecule has 1 aromatic heterocycles. The summed E-state index contributed by atoms with van der Waals surface area (Å²) in [5.74, 6) is -0.0657. The van der Waals surface area contributed by atoms with E-state index in [1.54, 1.807) is 11.0 Å². The Balaban J connectivity index is 1.75. The Morgan fingerprint density at radius 3 is 2.67 bits per heavy atom. The summed E-state index contributed by atoms with van der Waals surface area (Å²) in [6, 6.07) is 11.1. The summed E-state index contributed by atoms with van der Waals surface area (Å²) in [6.07, 6.45) is 6.54. The Morgan fingerprint density at radius 2 is 1.96 bits per heavy atom. The summed E-state index contributed by atoms with van der Waals surface area (Å²) in [5, 5.41) is 0. The summed E-state index contributed by atoms with van der Waals surface area (Å²) in [4.78, 5) is 14.5. The van der Waals surface area contributed by atoms with Gasteiger partial charge in [-0.1, -0.05) is 6.07 Å². The number of carbonyl (C=O) groups excluding carboxylic acids is 1. The van der Waals surface area contributed by atoms with E-state index in [0.29, 0.717) is 18.7 Å². The van der Waals surface area contributed by atoms with Crippen LogP contribution in [0, 0.1) is 0 Å². The van der Waals surface area contributed by atoms with Crippen LogP contribution in [0.3, 0.4) is 0 Å². The number of rotatable bonds is 4. The summed E-state index contributed by atoms with van der Waals surface area (Å²) < 4.78 is 27.4. The molecule has 0 saturated carbocycles. The fourth-order valence-corrected chi connectivity index (χ4v) is 3.85. The van der Waals surface area contributed by atoms with E-state index >= 15 is 0 Å². The fourth-order valence-electron chi connectivity index (χ4n) is 3.05. The van der Waals surface area contributed by atoms with Gasteiger partial charge in [0.2, 0.25) is 10.0 Å². The maximum Gasteiger partial charge on any atom is 0.253 e. The van der Waals surface area contributed by atoms with Gasteiger partial charge >= 0.3 is 0 Å². The van der Waals surface area contributed by atoms with E-state index in [-0.39, 0.29) is 11.9 Å². The predicted octanol–water partition coefficient (Wildman–Crippen LogP) is 1.63. The number of nitrogens with zero attached hydrogens (tertiary/aromatic N) is 2. The molecule has 1 aliphatic heterocycles. The number of sulfonamides is 1. The van der Waals surface area contributed by atoms with Crippen LogP contribution in [0.4, 0.5) is 0 Å². The van der Waals surface area contributed by atoms with Gasteiger partial charge in [0, 0.05) is 42.8 Å². The zero-order valence-corrected chi connectivity index (χ0v) is 14.4. The summed E-state index contributed by atoms with van der Waals surface area (Å²) in [7, 11) is -3.27. The molecule has 3 rings (SSSR count). The van der Waals surface area contributed by atoms with Crippen molar-refractivity contribution in [2.45, 2.75) is 18.9 Å². The molecule has 6 nitrogen and oxygen atoms in total. The molecule has 1 aliphatic rings. The minimum Gasteiger partial charge on any atom is -0.337 e. The second kappa shape index (κ2) is 6.78. The van der Waals surface area contributed by atoms with Gasteiger partial charge in [-0.2, -0.15) is 0 Å². The first kappa shape index (κ1) is 16.7. The van der Waals surface area contributed by atoms with E-state index < -0.39 is 10.0 Å². The normalized spacial score (nSPS) is 18.5. The quantitative estimate of drug-likeness (QED) is 0.914. The molecule has 1 atom stereocenters. The third-order valence-electron chi connectivity index (χ3n) is 4.09. The molecular formula is C17H21N3O3S. The standard InChI is InChI=1S/C17H21N3O3S/c1-24(22,23)18-15-7-5-11-20(13-15)17(21)14-6-4-8-16(12-14)19-9-2-3-10-19/h2-4,6,8-10,12,15,18H,5,7,11,13H2,1H3/t15-/m1/s1. The molecule has 24 heavy (non-hydrogen) atoms. The first-order valence-electron chi connectivity index (χ1n) is 7.92. The molecule has 2 heterocycles. The molecule has 128 valence electrons. The Morgan fingerprint density at radius 1 is 1.21 bits per heavy atom. The van der Waals surface area contributed by atoms with E-state index in [4.69, 9.17) is 0 Å². The molecular weight excluding hydrogens is 326 g/mol. The first-order valence-corrected chi connectivity index (χ1v) is 9.81. The number of hydrogen-bond donors (Lipinski definition) is 1. The zero-order valence-electron chi connectivity index (χ0n) is 13.6. The molecule has 1 fully saturated rings. The van der Waals surface area contributed by atoms with E-state index in [1.807, 2.05) is 47.3 Å². The summed E-state index contributed by atoms with van der Waals surface area (Å²) in [5.41, 5.74) is 1.54. The second-order valence-corrected chi connectivity index (χ2v) is 7.90. The van der Waals surface area contributed by atoms with Gasteiger partial charge in [0.15, 0.2) is 0 Å². The van der Waals surface area contributed by atoms with Crippen molar-refractivity contribution < 1.29 is 13.2 Å². The van der Waals surface area contributed by atoms with Crippen LogP contribution in [-0.4, -0.2) is 49.2 Å². The lowest BCUT2D eigenvalue weighted by atomic mass is 10.1. The molecule has 2 aromatic rings. The van der Waals surface area contributed by atoms with Crippen molar-refractivity contribution >= 4 is 15.9 Å². The van der Waals surface area contributed by atoms with Crippen molar-refractivity contribution in [2.75, 3.05) is 19.3 Å². The Kier molecular flexibility index (Phi) is 4.73. The van der Waals surface area contributed by atoms with E-state index in [2.05, 4.69) is 4.72 Å². The van der Waals surface area contributed by atoms with Crippen molar-refractivity contribution in [3.63, 3.8) is 0 Å². The number of benzene rings is 1. The Labute approximate surface area is 142 Å². The molecule has 0 radical (unpaired) electrons. The van der Waals surface area contributed by atoms with Crippen molar-refractivity contribution in [3.8, 4) is 5.69 Å². The van der Waals surface area contributed by atoms with Crippen LogP contribution in [0.25, 0.3) is 5.69 Å². The number of amides is 1. The largest absolute Gasteiger partial charge is 0.337 e. The fraction of sp³-hybridized carbons (Fsp3) is 0.353. The van der Waals surface area contributed by atoms with Crippen LogP contribution >= 0.6 is 0 Å².